The van der Waals surface area contributed by atoms with Crippen molar-refractivity contribution in [3.05, 3.63) is 65.7 Å². The lowest BCUT2D eigenvalue weighted by Crippen LogP contribution is -2.48. The van der Waals surface area contributed by atoms with Crippen LogP contribution in [-0.4, -0.2) is 53.6 Å². The van der Waals surface area contributed by atoms with Gasteiger partial charge in [-0.05, 0) is 64.2 Å². The molecular weight excluding hydrogens is 366 g/mol. The van der Waals surface area contributed by atoms with Gasteiger partial charge in [-0.2, -0.15) is 0 Å². The van der Waals surface area contributed by atoms with Crippen molar-refractivity contribution in [1.29, 1.82) is 0 Å². The Labute approximate surface area is 183 Å². The lowest BCUT2D eigenvalue weighted by Gasteiger charge is -2.36. The van der Waals surface area contributed by atoms with Crippen LogP contribution >= 0.6 is 0 Å². The Hall–Kier alpha value is -1.84. The number of benzene rings is 2. The molecule has 2 atom stereocenters. The van der Waals surface area contributed by atoms with Crippen molar-refractivity contribution < 1.29 is 0 Å². The van der Waals surface area contributed by atoms with Gasteiger partial charge in [0.15, 0.2) is 0 Å². The Bertz CT molecular complexity index is 801. The highest BCUT2D eigenvalue weighted by Gasteiger charge is 2.43. The van der Waals surface area contributed by atoms with E-state index in [4.69, 9.17) is 0 Å². The van der Waals surface area contributed by atoms with Gasteiger partial charge in [0.25, 0.3) is 0 Å². The van der Waals surface area contributed by atoms with Crippen molar-refractivity contribution in [2.24, 2.45) is 0 Å². The van der Waals surface area contributed by atoms with E-state index in [2.05, 4.69) is 97.0 Å². The van der Waals surface area contributed by atoms with Crippen LogP contribution in [0.2, 0.25) is 0 Å². The van der Waals surface area contributed by atoms with Crippen LogP contribution in [0.4, 0.5) is 5.69 Å². The molecule has 0 saturated carbocycles. The summed E-state index contributed by atoms with van der Waals surface area (Å²) in [6.07, 6.45) is 3.93. The second-order valence-electron chi connectivity index (χ2n) is 9.77. The van der Waals surface area contributed by atoms with Crippen LogP contribution in [0.3, 0.4) is 0 Å². The number of rotatable bonds is 4. The number of piperazine rings is 1. The minimum absolute atomic E-state index is 0.626. The predicted octanol–water partition coefficient (Wildman–Crippen LogP) is 5.20. The zero-order valence-electron chi connectivity index (χ0n) is 19.3. The molecule has 3 heteroatoms. The largest absolute Gasteiger partial charge is 0.369 e. The SMILES string of the molecule is CC(C)N1CC2CC1CN2Cc1ccccc1.CC(C)N1CCCc2ccccc21. The monoisotopic (exact) mass is 405 g/mol. The molecule has 2 aromatic carbocycles. The Morgan fingerprint density at radius 2 is 1.57 bits per heavy atom. The number of anilines is 1. The molecule has 3 aliphatic heterocycles. The molecule has 2 fully saturated rings. The average Bonchev–Trinajstić information content (AvgIpc) is 3.35. The molecule has 2 unspecified atom stereocenters. The third-order valence-corrected chi connectivity index (χ3v) is 7.06. The summed E-state index contributed by atoms with van der Waals surface area (Å²) >= 11 is 0. The third kappa shape index (κ3) is 4.73. The van der Waals surface area contributed by atoms with E-state index in [1.54, 1.807) is 0 Å². The molecular formula is C27H39N3. The molecule has 2 aromatic rings. The second kappa shape index (κ2) is 9.53. The maximum Gasteiger partial charge on any atom is 0.0401 e. The summed E-state index contributed by atoms with van der Waals surface area (Å²) in [6, 6.07) is 22.6. The molecule has 30 heavy (non-hydrogen) atoms. The van der Waals surface area contributed by atoms with E-state index < -0.39 is 0 Å². The van der Waals surface area contributed by atoms with E-state index >= 15 is 0 Å². The van der Waals surface area contributed by atoms with Crippen LogP contribution in [0.5, 0.6) is 0 Å². The molecule has 5 rings (SSSR count). The number of para-hydroxylation sites is 1. The van der Waals surface area contributed by atoms with Gasteiger partial charge in [-0.3, -0.25) is 9.80 Å². The fourth-order valence-corrected chi connectivity index (χ4v) is 5.52. The molecule has 162 valence electrons. The summed E-state index contributed by atoms with van der Waals surface area (Å²) in [5.74, 6) is 0. The first kappa shape index (κ1) is 21.4. The van der Waals surface area contributed by atoms with Crippen molar-refractivity contribution in [2.75, 3.05) is 24.5 Å². The number of fused-ring (bicyclic) bond motifs is 3. The Morgan fingerprint density at radius 1 is 0.833 bits per heavy atom. The number of likely N-dealkylation sites (tertiary alicyclic amines) is 2. The Balaban J connectivity index is 0.000000151. The van der Waals surface area contributed by atoms with Gasteiger partial charge in [0.1, 0.15) is 0 Å². The topological polar surface area (TPSA) is 9.72 Å². The van der Waals surface area contributed by atoms with Crippen molar-refractivity contribution in [1.82, 2.24) is 9.80 Å². The van der Waals surface area contributed by atoms with Crippen LogP contribution in [-0.2, 0) is 13.0 Å². The van der Waals surface area contributed by atoms with E-state index in [1.807, 2.05) is 0 Å². The van der Waals surface area contributed by atoms with Crippen LogP contribution in [0.15, 0.2) is 54.6 Å². The maximum atomic E-state index is 2.67. The molecule has 0 amide bonds. The normalized spacial score (nSPS) is 23.6. The van der Waals surface area contributed by atoms with Crippen LogP contribution in [0.25, 0.3) is 0 Å². The molecule has 3 aliphatic rings. The summed E-state index contributed by atoms with van der Waals surface area (Å²) in [4.78, 5) is 7.84. The lowest BCUT2D eigenvalue weighted by molar-refractivity contribution is 0.0999. The van der Waals surface area contributed by atoms with Gasteiger partial charge < -0.3 is 4.90 Å². The molecule has 0 aliphatic carbocycles. The van der Waals surface area contributed by atoms with E-state index in [-0.39, 0.29) is 0 Å². The van der Waals surface area contributed by atoms with Crippen LogP contribution in [0.1, 0.15) is 51.7 Å². The van der Waals surface area contributed by atoms with Gasteiger partial charge in [-0.25, -0.2) is 0 Å². The predicted molar refractivity (Wildman–Crippen MR) is 128 cm³/mol. The van der Waals surface area contributed by atoms with E-state index in [0.717, 1.165) is 18.6 Å². The zero-order valence-corrected chi connectivity index (χ0v) is 19.3. The smallest absolute Gasteiger partial charge is 0.0401 e. The van der Waals surface area contributed by atoms with E-state index in [0.29, 0.717) is 12.1 Å². The van der Waals surface area contributed by atoms with Crippen LogP contribution in [0, 0.1) is 0 Å². The first-order chi connectivity index (χ1) is 14.5. The van der Waals surface area contributed by atoms with E-state index in [9.17, 15) is 0 Å². The minimum atomic E-state index is 0.626. The summed E-state index contributed by atoms with van der Waals surface area (Å²) in [5, 5.41) is 0. The molecule has 0 radical (unpaired) electrons. The first-order valence-electron chi connectivity index (χ1n) is 11.9. The number of hydrogen-bond acceptors (Lipinski definition) is 3. The van der Waals surface area contributed by atoms with E-state index in [1.165, 1.54) is 55.7 Å². The standard InChI is InChI=1S/C15H22N2.C12H17N/c1-12(2)17-11-14-8-15(17)10-16(14)9-13-6-4-3-5-7-13;1-10(2)13-9-5-7-11-6-3-4-8-12(11)13/h3-7,12,14-15H,8-11H2,1-2H3;3-4,6,8,10H,5,7,9H2,1-2H3. The van der Waals surface area contributed by atoms with Gasteiger partial charge in [-0.1, -0.05) is 48.5 Å². The fraction of sp³-hybridized carbons (Fsp3) is 0.556. The van der Waals surface area contributed by atoms with Gasteiger partial charge >= 0.3 is 0 Å². The quantitative estimate of drug-likeness (QED) is 0.692. The average molecular weight is 406 g/mol. The maximum absolute atomic E-state index is 2.67. The lowest BCUT2D eigenvalue weighted by atomic mass is 10.0. The number of nitrogens with zero attached hydrogens (tertiary/aromatic N) is 3. The number of aryl methyl sites for hydroxylation is 1. The van der Waals surface area contributed by atoms with Crippen LogP contribution < -0.4 is 4.90 Å². The fourth-order valence-electron chi connectivity index (χ4n) is 5.52. The summed E-state index contributed by atoms with van der Waals surface area (Å²) in [6.45, 7) is 14.1. The first-order valence-corrected chi connectivity index (χ1v) is 11.9. The molecule has 3 heterocycles. The van der Waals surface area contributed by atoms with Gasteiger partial charge in [0.2, 0.25) is 0 Å². The Kier molecular flexibility index (Phi) is 6.80. The Morgan fingerprint density at radius 3 is 2.23 bits per heavy atom. The minimum Gasteiger partial charge on any atom is -0.369 e. The molecule has 0 spiro atoms. The molecule has 0 aromatic heterocycles. The summed E-state index contributed by atoms with van der Waals surface area (Å²) in [7, 11) is 0. The van der Waals surface area contributed by atoms with Crippen molar-refractivity contribution in [2.45, 2.75) is 77.7 Å². The van der Waals surface area contributed by atoms with Gasteiger partial charge in [-0.15, -0.1) is 0 Å². The molecule has 2 bridgehead atoms. The van der Waals surface area contributed by atoms with Gasteiger partial charge in [0.05, 0.1) is 0 Å². The summed E-state index contributed by atoms with van der Waals surface area (Å²) < 4.78 is 0. The van der Waals surface area contributed by atoms with Crippen molar-refractivity contribution in [3.8, 4) is 0 Å². The highest BCUT2D eigenvalue weighted by Crippen LogP contribution is 2.33. The molecule has 2 saturated heterocycles. The highest BCUT2D eigenvalue weighted by molar-refractivity contribution is 5.55. The van der Waals surface area contributed by atoms with Crippen molar-refractivity contribution in [3.63, 3.8) is 0 Å². The second-order valence-corrected chi connectivity index (χ2v) is 9.77. The number of hydrogen-bond donors (Lipinski definition) is 0. The molecule has 0 N–H and O–H groups in total. The summed E-state index contributed by atoms with van der Waals surface area (Å²) in [5.41, 5.74) is 4.42. The third-order valence-electron chi connectivity index (χ3n) is 7.06. The highest BCUT2D eigenvalue weighted by atomic mass is 15.4. The zero-order chi connectivity index (χ0) is 21.1. The van der Waals surface area contributed by atoms with Crippen molar-refractivity contribution >= 4 is 5.69 Å². The molecule has 3 nitrogen and oxygen atoms in total. The van der Waals surface area contributed by atoms with Gasteiger partial charge in [0, 0.05) is 56.0 Å².